The third-order valence-electron chi connectivity index (χ3n) is 3.12. The molecule has 3 heterocycles. The number of amides is 1. The minimum Gasteiger partial charge on any atom is -0.332 e. The topological polar surface area (TPSA) is 55.2 Å². The summed E-state index contributed by atoms with van der Waals surface area (Å²) in [5.41, 5.74) is 0.230. The summed E-state index contributed by atoms with van der Waals surface area (Å²) in [5.74, 6) is -0.0473. The van der Waals surface area contributed by atoms with Gasteiger partial charge in [0.05, 0.1) is 18.8 Å². The summed E-state index contributed by atoms with van der Waals surface area (Å²) >= 11 is 0. The number of fused-ring (bicyclic) bond motifs is 2. The Kier molecular flexibility index (Phi) is 1.68. The molecule has 2 aliphatic heterocycles. The highest BCUT2D eigenvalue weighted by atomic mass is 16.2. The van der Waals surface area contributed by atoms with Gasteiger partial charge in [-0.2, -0.15) is 5.10 Å². The number of nitrogens with zero attached hydrogens (tertiary/aromatic N) is 3. The van der Waals surface area contributed by atoms with Gasteiger partial charge in [-0.15, -0.1) is 0 Å². The summed E-state index contributed by atoms with van der Waals surface area (Å²) < 4.78 is 1.65. The Morgan fingerprint density at radius 1 is 1.40 bits per heavy atom. The van der Waals surface area contributed by atoms with E-state index >= 15 is 0 Å². The quantitative estimate of drug-likeness (QED) is 0.592. The fraction of sp³-hybridized carbons (Fsp3) is 0.500. The molecule has 5 heteroatoms. The number of aromatic nitrogens is 2. The summed E-state index contributed by atoms with van der Waals surface area (Å²) in [4.78, 5) is 25.0. The number of rotatable bonds is 0. The zero-order valence-corrected chi connectivity index (χ0v) is 8.22. The fourth-order valence-electron chi connectivity index (χ4n) is 2.39. The maximum Gasteiger partial charge on any atom is 0.272 e. The van der Waals surface area contributed by atoms with E-state index in [1.165, 1.54) is 12.3 Å². The van der Waals surface area contributed by atoms with Gasteiger partial charge in [0.2, 0.25) is 5.43 Å². The molecular weight excluding hydrogens is 194 g/mol. The van der Waals surface area contributed by atoms with E-state index in [4.69, 9.17) is 0 Å². The zero-order valence-electron chi connectivity index (χ0n) is 8.22. The van der Waals surface area contributed by atoms with Crippen LogP contribution in [0.5, 0.6) is 0 Å². The molecule has 0 spiro atoms. The molecule has 1 unspecified atom stereocenters. The van der Waals surface area contributed by atoms with E-state index in [9.17, 15) is 9.59 Å². The monoisotopic (exact) mass is 205 g/mol. The van der Waals surface area contributed by atoms with Crippen LogP contribution < -0.4 is 5.43 Å². The molecule has 0 N–H and O–H groups in total. The van der Waals surface area contributed by atoms with Gasteiger partial charge < -0.3 is 4.90 Å². The number of carbonyl (C=O) groups excluding carboxylic acids is 1. The smallest absolute Gasteiger partial charge is 0.272 e. The Morgan fingerprint density at radius 2 is 2.27 bits per heavy atom. The van der Waals surface area contributed by atoms with Gasteiger partial charge in [0, 0.05) is 12.6 Å². The second kappa shape index (κ2) is 2.92. The van der Waals surface area contributed by atoms with Crippen molar-refractivity contribution in [3.8, 4) is 0 Å². The minimum atomic E-state index is -0.202. The first-order chi connectivity index (χ1) is 7.25. The van der Waals surface area contributed by atoms with Gasteiger partial charge in [0.25, 0.3) is 5.91 Å². The molecule has 1 fully saturated rings. The molecule has 5 nitrogen and oxygen atoms in total. The molecule has 0 saturated carbocycles. The molecule has 1 aromatic rings. The van der Waals surface area contributed by atoms with E-state index in [-0.39, 0.29) is 17.4 Å². The lowest BCUT2D eigenvalue weighted by molar-refractivity contribution is 0.0654. The van der Waals surface area contributed by atoms with E-state index in [1.807, 2.05) is 4.90 Å². The van der Waals surface area contributed by atoms with Crippen molar-refractivity contribution in [2.75, 3.05) is 6.54 Å². The summed E-state index contributed by atoms with van der Waals surface area (Å²) in [6.07, 6.45) is 3.36. The fourth-order valence-corrected chi connectivity index (χ4v) is 2.39. The highest BCUT2D eigenvalue weighted by Gasteiger charge is 2.35. The molecule has 3 rings (SSSR count). The van der Waals surface area contributed by atoms with Crippen molar-refractivity contribution >= 4 is 5.91 Å². The second-order valence-electron chi connectivity index (χ2n) is 4.05. The number of hydrogen-bond acceptors (Lipinski definition) is 3. The normalized spacial score (nSPS) is 23.9. The van der Waals surface area contributed by atoms with Crippen LogP contribution >= 0.6 is 0 Å². The van der Waals surface area contributed by atoms with E-state index in [1.54, 1.807) is 4.68 Å². The maximum atomic E-state index is 12.0. The summed E-state index contributed by atoms with van der Waals surface area (Å²) in [7, 11) is 0. The molecule has 0 aromatic carbocycles. The molecular formula is C10H11N3O2. The molecule has 0 aliphatic carbocycles. The van der Waals surface area contributed by atoms with Crippen molar-refractivity contribution in [2.24, 2.45) is 0 Å². The number of carbonyl (C=O) groups is 1. The van der Waals surface area contributed by atoms with Crippen molar-refractivity contribution in [1.82, 2.24) is 14.7 Å². The Labute approximate surface area is 86.3 Å². The molecule has 78 valence electrons. The van der Waals surface area contributed by atoms with E-state index < -0.39 is 0 Å². The van der Waals surface area contributed by atoms with Gasteiger partial charge in [0.15, 0.2) is 0 Å². The Balaban J connectivity index is 2.12. The Bertz CT molecular complexity index is 480. The zero-order chi connectivity index (χ0) is 10.4. The average Bonchev–Trinajstić information content (AvgIpc) is 2.68. The SMILES string of the molecule is O=C1c2cc(=O)cnn2CC2CCCN12. The van der Waals surface area contributed by atoms with Gasteiger partial charge in [-0.1, -0.05) is 0 Å². The predicted octanol–water partition coefficient (Wildman–Crippen LogP) is -0.139. The molecule has 2 aliphatic rings. The molecule has 15 heavy (non-hydrogen) atoms. The van der Waals surface area contributed by atoms with Crippen molar-refractivity contribution in [3.05, 3.63) is 28.2 Å². The van der Waals surface area contributed by atoms with Crippen LogP contribution in [0, 0.1) is 0 Å². The summed E-state index contributed by atoms with van der Waals surface area (Å²) in [6.45, 7) is 1.54. The van der Waals surface area contributed by atoms with E-state index in [0.717, 1.165) is 25.9 Å². The van der Waals surface area contributed by atoms with Gasteiger partial charge in [-0.3, -0.25) is 14.3 Å². The highest BCUT2D eigenvalue weighted by Crippen LogP contribution is 2.24. The van der Waals surface area contributed by atoms with Crippen LogP contribution in [0.2, 0.25) is 0 Å². The van der Waals surface area contributed by atoms with Crippen molar-refractivity contribution in [2.45, 2.75) is 25.4 Å². The van der Waals surface area contributed by atoms with Crippen molar-refractivity contribution in [3.63, 3.8) is 0 Å². The minimum absolute atomic E-state index is 0.0473. The van der Waals surface area contributed by atoms with Crippen LogP contribution in [0.3, 0.4) is 0 Å². The first kappa shape index (κ1) is 8.64. The first-order valence-corrected chi connectivity index (χ1v) is 5.14. The Hall–Kier alpha value is -1.65. The lowest BCUT2D eigenvalue weighted by Crippen LogP contribution is -2.45. The maximum absolute atomic E-state index is 12.0. The first-order valence-electron chi connectivity index (χ1n) is 5.14. The standard InChI is InChI=1S/C10H11N3O2/c14-8-4-9-10(15)12-3-1-2-7(12)6-13(9)11-5-8/h4-5,7H,1-3,6H2. The predicted molar refractivity (Wildman–Crippen MR) is 52.6 cm³/mol. The van der Waals surface area contributed by atoms with Gasteiger partial charge in [-0.05, 0) is 12.8 Å². The molecule has 1 saturated heterocycles. The van der Waals surface area contributed by atoms with Crippen LogP contribution in [-0.4, -0.2) is 33.2 Å². The largest absolute Gasteiger partial charge is 0.332 e. The third-order valence-corrected chi connectivity index (χ3v) is 3.12. The van der Waals surface area contributed by atoms with Crippen LogP contribution in [-0.2, 0) is 6.54 Å². The summed E-state index contributed by atoms with van der Waals surface area (Å²) in [5, 5.41) is 3.99. The number of hydrogen-bond donors (Lipinski definition) is 0. The third kappa shape index (κ3) is 1.19. The van der Waals surface area contributed by atoms with Gasteiger partial charge >= 0.3 is 0 Å². The van der Waals surface area contributed by atoms with Gasteiger partial charge in [0.1, 0.15) is 5.69 Å². The Morgan fingerprint density at radius 3 is 3.13 bits per heavy atom. The molecule has 1 atom stereocenters. The average molecular weight is 205 g/mol. The van der Waals surface area contributed by atoms with E-state index in [2.05, 4.69) is 5.10 Å². The van der Waals surface area contributed by atoms with Crippen molar-refractivity contribution in [1.29, 1.82) is 0 Å². The summed E-state index contributed by atoms with van der Waals surface area (Å²) in [6, 6.07) is 1.66. The van der Waals surface area contributed by atoms with Gasteiger partial charge in [-0.25, -0.2) is 0 Å². The van der Waals surface area contributed by atoms with Crippen LogP contribution in [0.4, 0.5) is 0 Å². The lowest BCUT2D eigenvalue weighted by Gasteiger charge is -2.31. The highest BCUT2D eigenvalue weighted by molar-refractivity contribution is 5.93. The molecule has 0 bridgehead atoms. The second-order valence-corrected chi connectivity index (χ2v) is 4.05. The van der Waals surface area contributed by atoms with Crippen LogP contribution in [0.15, 0.2) is 17.1 Å². The molecule has 1 amide bonds. The van der Waals surface area contributed by atoms with Crippen molar-refractivity contribution < 1.29 is 4.79 Å². The van der Waals surface area contributed by atoms with Crippen LogP contribution in [0.1, 0.15) is 23.3 Å². The lowest BCUT2D eigenvalue weighted by atomic mass is 10.1. The van der Waals surface area contributed by atoms with E-state index in [0.29, 0.717) is 5.69 Å². The van der Waals surface area contributed by atoms with Crippen LogP contribution in [0.25, 0.3) is 0 Å². The molecule has 0 radical (unpaired) electrons. The molecule has 1 aromatic heterocycles.